The highest BCUT2D eigenvalue weighted by Gasteiger charge is 2.21. The van der Waals surface area contributed by atoms with Crippen LogP contribution in [0.5, 0.6) is 0 Å². The monoisotopic (exact) mass is 364 g/mol. The summed E-state index contributed by atoms with van der Waals surface area (Å²) in [4.78, 5) is 0. The third-order valence-corrected chi connectivity index (χ3v) is 6.11. The Morgan fingerprint density at radius 3 is 1.96 bits per heavy atom. The molecule has 27 heavy (non-hydrogen) atoms. The summed E-state index contributed by atoms with van der Waals surface area (Å²) in [5.74, 6) is 1.66. The molecule has 0 aromatic heterocycles. The molecule has 1 saturated carbocycles. The molecule has 2 nitrogen and oxygen atoms in total. The van der Waals surface area contributed by atoms with Crippen LogP contribution in [0.3, 0.4) is 0 Å². The van der Waals surface area contributed by atoms with Crippen LogP contribution in [0.15, 0.2) is 42.5 Å². The summed E-state index contributed by atoms with van der Waals surface area (Å²) in [6.45, 7) is 10.8. The molecular formula is C25H36N2. The molecule has 146 valence electrons. The smallest absolute Gasteiger partial charge is 0.0205 e. The van der Waals surface area contributed by atoms with Gasteiger partial charge in [0.25, 0.3) is 0 Å². The molecule has 1 fully saturated rings. The van der Waals surface area contributed by atoms with Crippen molar-refractivity contribution in [1.29, 1.82) is 0 Å². The van der Waals surface area contributed by atoms with Gasteiger partial charge in [0.15, 0.2) is 0 Å². The van der Waals surface area contributed by atoms with Gasteiger partial charge in [-0.2, -0.15) is 0 Å². The lowest BCUT2D eigenvalue weighted by Crippen LogP contribution is -2.31. The molecule has 0 radical (unpaired) electrons. The lowest BCUT2D eigenvalue weighted by Gasteiger charge is -2.29. The second-order valence-electron chi connectivity index (χ2n) is 8.56. The highest BCUT2D eigenvalue weighted by molar-refractivity contribution is 5.29. The second-order valence-corrected chi connectivity index (χ2v) is 8.56. The SMILES string of the molecule is Cc1ccc(CNCC2CCCC(CNCc3ccc(C)c(C)c3)C2)cc1. The van der Waals surface area contributed by atoms with E-state index >= 15 is 0 Å². The molecule has 0 aliphatic heterocycles. The number of rotatable bonds is 8. The van der Waals surface area contributed by atoms with Gasteiger partial charge < -0.3 is 10.6 Å². The van der Waals surface area contributed by atoms with Gasteiger partial charge in [-0.15, -0.1) is 0 Å². The van der Waals surface area contributed by atoms with Crippen LogP contribution >= 0.6 is 0 Å². The van der Waals surface area contributed by atoms with Crippen LogP contribution in [-0.4, -0.2) is 13.1 Å². The molecule has 0 spiro atoms. The maximum atomic E-state index is 3.71. The highest BCUT2D eigenvalue weighted by Crippen LogP contribution is 2.28. The van der Waals surface area contributed by atoms with Gasteiger partial charge in [0.1, 0.15) is 0 Å². The maximum absolute atomic E-state index is 3.71. The minimum Gasteiger partial charge on any atom is -0.312 e. The van der Waals surface area contributed by atoms with Crippen LogP contribution in [0.25, 0.3) is 0 Å². The van der Waals surface area contributed by atoms with Crippen molar-refractivity contribution in [2.45, 2.75) is 59.5 Å². The topological polar surface area (TPSA) is 24.1 Å². The van der Waals surface area contributed by atoms with Crippen molar-refractivity contribution in [3.05, 3.63) is 70.3 Å². The molecule has 0 heterocycles. The third kappa shape index (κ3) is 6.48. The number of hydrogen-bond acceptors (Lipinski definition) is 2. The van der Waals surface area contributed by atoms with Crippen molar-refractivity contribution in [2.24, 2.45) is 11.8 Å². The molecule has 2 aromatic rings. The first-order valence-corrected chi connectivity index (χ1v) is 10.6. The number of nitrogens with one attached hydrogen (secondary N) is 2. The van der Waals surface area contributed by atoms with E-state index in [1.54, 1.807) is 0 Å². The van der Waals surface area contributed by atoms with E-state index in [9.17, 15) is 0 Å². The summed E-state index contributed by atoms with van der Waals surface area (Å²) >= 11 is 0. The fraction of sp³-hybridized carbons (Fsp3) is 0.520. The van der Waals surface area contributed by atoms with Crippen LogP contribution in [0.4, 0.5) is 0 Å². The average molecular weight is 365 g/mol. The molecule has 1 aliphatic carbocycles. The molecule has 3 rings (SSSR count). The van der Waals surface area contributed by atoms with Gasteiger partial charge in [0, 0.05) is 13.1 Å². The van der Waals surface area contributed by atoms with Gasteiger partial charge in [-0.05, 0) is 87.2 Å². The first-order chi connectivity index (χ1) is 13.1. The van der Waals surface area contributed by atoms with Crippen LogP contribution in [0.1, 0.15) is 53.5 Å². The Morgan fingerprint density at radius 2 is 1.33 bits per heavy atom. The number of aryl methyl sites for hydroxylation is 3. The summed E-state index contributed by atoms with van der Waals surface area (Å²) in [6.07, 6.45) is 5.51. The van der Waals surface area contributed by atoms with Gasteiger partial charge in [-0.3, -0.25) is 0 Å². The van der Waals surface area contributed by atoms with Crippen molar-refractivity contribution in [2.75, 3.05) is 13.1 Å². The molecule has 0 saturated heterocycles. The standard InChI is InChI=1S/C25H36N2/c1-19-7-10-22(11-8-19)15-26-16-23-5-4-6-24(14-23)17-27-18-25-12-9-20(2)21(3)13-25/h7-13,23-24,26-27H,4-6,14-18H2,1-3H3. The predicted octanol–water partition coefficient (Wildman–Crippen LogP) is 5.30. The maximum Gasteiger partial charge on any atom is 0.0205 e. The van der Waals surface area contributed by atoms with Crippen molar-refractivity contribution < 1.29 is 0 Å². The third-order valence-electron chi connectivity index (χ3n) is 6.11. The van der Waals surface area contributed by atoms with E-state index in [1.165, 1.54) is 53.5 Å². The highest BCUT2D eigenvalue weighted by atomic mass is 14.9. The van der Waals surface area contributed by atoms with Gasteiger partial charge in [-0.1, -0.05) is 54.4 Å². The Hall–Kier alpha value is -1.64. The van der Waals surface area contributed by atoms with E-state index in [2.05, 4.69) is 73.9 Å². The van der Waals surface area contributed by atoms with Crippen molar-refractivity contribution in [1.82, 2.24) is 10.6 Å². The summed E-state index contributed by atoms with van der Waals surface area (Å²) < 4.78 is 0. The lowest BCUT2D eigenvalue weighted by atomic mass is 9.81. The molecular weight excluding hydrogens is 328 g/mol. The fourth-order valence-electron chi connectivity index (χ4n) is 4.23. The second kappa shape index (κ2) is 10.1. The Morgan fingerprint density at radius 1 is 0.741 bits per heavy atom. The molecule has 2 aromatic carbocycles. The zero-order valence-corrected chi connectivity index (χ0v) is 17.4. The first-order valence-electron chi connectivity index (χ1n) is 10.6. The molecule has 1 aliphatic rings. The fourth-order valence-corrected chi connectivity index (χ4v) is 4.23. The Bertz CT molecular complexity index is 705. The summed E-state index contributed by atoms with van der Waals surface area (Å²) in [5, 5.41) is 7.39. The first kappa shape index (κ1) is 20.1. The number of hydrogen-bond donors (Lipinski definition) is 2. The van der Waals surface area contributed by atoms with Crippen LogP contribution < -0.4 is 10.6 Å². The Balaban J connectivity index is 1.36. The predicted molar refractivity (Wildman–Crippen MR) is 116 cm³/mol. The summed E-state index contributed by atoms with van der Waals surface area (Å²) in [5.41, 5.74) is 6.91. The quantitative estimate of drug-likeness (QED) is 0.664. The van der Waals surface area contributed by atoms with Crippen LogP contribution in [0.2, 0.25) is 0 Å². The van der Waals surface area contributed by atoms with Crippen molar-refractivity contribution in [3.8, 4) is 0 Å². The Labute approximate surface area is 165 Å². The van der Waals surface area contributed by atoms with Gasteiger partial charge in [0.05, 0.1) is 0 Å². The molecule has 2 heteroatoms. The lowest BCUT2D eigenvalue weighted by molar-refractivity contribution is 0.252. The average Bonchev–Trinajstić information content (AvgIpc) is 2.67. The van der Waals surface area contributed by atoms with E-state index in [-0.39, 0.29) is 0 Å². The summed E-state index contributed by atoms with van der Waals surface area (Å²) in [6, 6.07) is 15.7. The Kier molecular flexibility index (Phi) is 7.49. The van der Waals surface area contributed by atoms with Crippen molar-refractivity contribution in [3.63, 3.8) is 0 Å². The number of benzene rings is 2. The normalized spacial score (nSPS) is 20.0. The van der Waals surface area contributed by atoms with Crippen molar-refractivity contribution >= 4 is 0 Å². The summed E-state index contributed by atoms with van der Waals surface area (Å²) in [7, 11) is 0. The molecule has 2 N–H and O–H groups in total. The van der Waals surface area contributed by atoms with Gasteiger partial charge in [-0.25, -0.2) is 0 Å². The molecule has 2 atom stereocenters. The van der Waals surface area contributed by atoms with Crippen LogP contribution in [-0.2, 0) is 13.1 Å². The molecule has 0 amide bonds. The van der Waals surface area contributed by atoms with Crippen LogP contribution in [0, 0.1) is 32.6 Å². The van der Waals surface area contributed by atoms with Gasteiger partial charge >= 0.3 is 0 Å². The molecule has 0 bridgehead atoms. The van der Waals surface area contributed by atoms with E-state index in [0.717, 1.165) is 38.0 Å². The zero-order chi connectivity index (χ0) is 19.1. The van der Waals surface area contributed by atoms with Gasteiger partial charge in [0.2, 0.25) is 0 Å². The van der Waals surface area contributed by atoms with E-state index < -0.39 is 0 Å². The minimum absolute atomic E-state index is 0.830. The van der Waals surface area contributed by atoms with E-state index in [0.29, 0.717) is 0 Å². The molecule has 2 unspecified atom stereocenters. The van der Waals surface area contributed by atoms with E-state index in [4.69, 9.17) is 0 Å². The minimum atomic E-state index is 0.830. The van der Waals surface area contributed by atoms with E-state index in [1.807, 2.05) is 0 Å². The zero-order valence-electron chi connectivity index (χ0n) is 17.4. The largest absolute Gasteiger partial charge is 0.312 e.